The Hall–Kier alpha value is -0.330. The van der Waals surface area contributed by atoms with Crippen molar-refractivity contribution in [2.45, 2.75) is 20.0 Å². The SMILES string of the molecule is CC(C)CNc1nc(C2CSCCO2)ns1. The molecule has 0 bridgehead atoms. The van der Waals surface area contributed by atoms with Gasteiger partial charge in [0, 0.05) is 29.6 Å². The Kier molecular flexibility index (Phi) is 4.43. The van der Waals surface area contributed by atoms with Gasteiger partial charge in [-0.3, -0.25) is 0 Å². The Labute approximate surface area is 104 Å². The van der Waals surface area contributed by atoms with Crippen LogP contribution in [0, 0.1) is 5.92 Å². The molecule has 90 valence electrons. The van der Waals surface area contributed by atoms with Crippen molar-refractivity contribution in [2.75, 3.05) is 30.0 Å². The fourth-order valence-corrected chi connectivity index (χ4v) is 2.83. The first-order chi connectivity index (χ1) is 7.75. The molecule has 0 aliphatic carbocycles. The summed E-state index contributed by atoms with van der Waals surface area (Å²) >= 11 is 3.33. The van der Waals surface area contributed by atoms with E-state index in [1.54, 1.807) is 0 Å². The van der Waals surface area contributed by atoms with Crippen molar-refractivity contribution in [1.82, 2.24) is 9.36 Å². The van der Waals surface area contributed by atoms with E-state index in [1.165, 1.54) is 11.5 Å². The maximum Gasteiger partial charge on any atom is 0.202 e. The average molecular weight is 259 g/mol. The lowest BCUT2D eigenvalue weighted by Gasteiger charge is -2.19. The van der Waals surface area contributed by atoms with Crippen LogP contribution < -0.4 is 5.32 Å². The summed E-state index contributed by atoms with van der Waals surface area (Å²) < 4.78 is 9.98. The van der Waals surface area contributed by atoms with Crippen molar-refractivity contribution >= 4 is 28.4 Å². The van der Waals surface area contributed by atoms with Gasteiger partial charge < -0.3 is 10.1 Å². The van der Waals surface area contributed by atoms with Crippen LogP contribution >= 0.6 is 23.3 Å². The van der Waals surface area contributed by atoms with E-state index in [1.807, 2.05) is 11.8 Å². The fourth-order valence-electron chi connectivity index (χ4n) is 1.37. The summed E-state index contributed by atoms with van der Waals surface area (Å²) in [5.41, 5.74) is 0. The average Bonchev–Trinajstić information content (AvgIpc) is 2.76. The lowest BCUT2D eigenvalue weighted by molar-refractivity contribution is 0.0704. The van der Waals surface area contributed by atoms with E-state index in [9.17, 15) is 0 Å². The monoisotopic (exact) mass is 259 g/mol. The van der Waals surface area contributed by atoms with Gasteiger partial charge in [0.25, 0.3) is 0 Å². The molecule has 1 N–H and O–H groups in total. The van der Waals surface area contributed by atoms with E-state index in [4.69, 9.17) is 4.74 Å². The van der Waals surface area contributed by atoms with E-state index in [2.05, 4.69) is 28.5 Å². The van der Waals surface area contributed by atoms with Gasteiger partial charge in [0.15, 0.2) is 5.82 Å². The van der Waals surface area contributed by atoms with Crippen molar-refractivity contribution in [3.8, 4) is 0 Å². The zero-order valence-electron chi connectivity index (χ0n) is 9.60. The van der Waals surface area contributed by atoms with Crippen LogP contribution in [0.4, 0.5) is 5.13 Å². The summed E-state index contributed by atoms with van der Waals surface area (Å²) in [5.74, 6) is 3.51. The molecule has 1 aliphatic heterocycles. The molecule has 0 amide bonds. The molecular weight excluding hydrogens is 242 g/mol. The molecule has 1 aromatic heterocycles. The minimum absolute atomic E-state index is 0.0876. The number of thioether (sulfide) groups is 1. The van der Waals surface area contributed by atoms with E-state index in [-0.39, 0.29) is 6.10 Å². The number of hydrogen-bond acceptors (Lipinski definition) is 6. The number of hydrogen-bond donors (Lipinski definition) is 1. The van der Waals surface area contributed by atoms with E-state index < -0.39 is 0 Å². The number of ether oxygens (including phenoxy) is 1. The molecule has 1 aliphatic rings. The Morgan fingerprint density at radius 1 is 1.56 bits per heavy atom. The van der Waals surface area contributed by atoms with Crippen molar-refractivity contribution in [3.05, 3.63) is 5.82 Å². The molecule has 0 spiro atoms. The Bertz CT molecular complexity index is 324. The number of nitrogens with one attached hydrogen (secondary N) is 1. The predicted octanol–water partition coefficient (Wildman–Crippen LogP) is 2.41. The summed E-state index contributed by atoms with van der Waals surface area (Å²) in [7, 11) is 0. The number of rotatable bonds is 4. The van der Waals surface area contributed by atoms with Gasteiger partial charge in [-0.25, -0.2) is 4.98 Å². The van der Waals surface area contributed by atoms with E-state index in [0.717, 1.165) is 35.6 Å². The van der Waals surface area contributed by atoms with Crippen LogP contribution in [0.1, 0.15) is 25.8 Å². The molecule has 1 fully saturated rings. The van der Waals surface area contributed by atoms with Crippen LogP contribution in [0.25, 0.3) is 0 Å². The van der Waals surface area contributed by atoms with Gasteiger partial charge in [-0.15, -0.1) is 0 Å². The Morgan fingerprint density at radius 2 is 2.44 bits per heavy atom. The summed E-state index contributed by atoms with van der Waals surface area (Å²) in [6.07, 6.45) is 0.0876. The third kappa shape index (κ3) is 3.33. The quantitative estimate of drug-likeness (QED) is 0.899. The molecule has 16 heavy (non-hydrogen) atoms. The highest BCUT2D eigenvalue weighted by molar-refractivity contribution is 7.99. The number of nitrogens with zero attached hydrogens (tertiary/aromatic N) is 2. The minimum atomic E-state index is 0.0876. The second-order valence-corrected chi connectivity index (χ2v) is 6.07. The van der Waals surface area contributed by atoms with Gasteiger partial charge in [0.1, 0.15) is 6.10 Å². The summed E-state index contributed by atoms with van der Waals surface area (Å²) in [5, 5.41) is 4.19. The normalized spacial score (nSPS) is 21.3. The van der Waals surface area contributed by atoms with Gasteiger partial charge in [-0.1, -0.05) is 13.8 Å². The zero-order valence-corrected chi connectivity index (χ0v) is 11.2. The van der Waals surface area contributed by atoms with Gasteiger partial charge in [-0.05, 0) is 5.92 Å². The molecule has 1 atom stereocenters. The molecule has 6 heteroatoms. The third-order valence-corrected chi connectivity index (χ3v) is 3.89. The molecule has 1 aromatic rings. The molecule has 2 heterocycles. The highest BCUT2D eigenvalue weighted by atomic mass is 32.2. The van der Waals surface area contributed by atoms with Gasteiger partial charge >= 0.3 is 0 Å². The first-order valence-corrected chi connectivity index (χ1v) is 7.45. The lowest BCUT2D eigenvalue weighted by atomic mass is 10.2. The van der Waals surface area contributed by atoms with E-state index in [0.29, 0.717) is 5.92 Å². The van der Waals surface area contributed by atoms with Crippen LogP contribution in [-0.2, 0) is 4.74 Å². The zero-order chi connectivity index (χ0) is 11.4. The smallest absolute Gasteiger partial charge is 0.202 e. The standard InChI is InChI=1S/C10H17N3OS2/c1-7(2)5-11-10-12-9(13-16-10)8-6-15-4-3-14-8/h7-8H,3-6H2,1-2H3,(H,11,12,13). The molecule has 1 saturated heterocycles. The molecule has 4 nitrogen and oxygen atoms in total. The first kappa shape index (κ1) is 12.1. The first-order valence-electron chi connectivity index (χ1n) is 5.52. The molecule has 0 saturated carbocycles. The molecule has 0 aromatic carbocycles. The summed E-state index contributed by atoms with van der Waals surface area (Å²) in [6, 6.07) is 0. The minimum Gasteiger partial charge on any atom is -0.368 e. The molecule has 2 rings (SSSR count). The van der Waals surface area contributed by atoms with Crippen molar-refractivity contribution < 1.29 is 4.74 Å². The highest BCUT2D eigenvalue weighted by Crippen LogP contribution is 2.26. The van der Waals surface area contributed by atoms with Crippen LogP contribution in [0.15, 0.2) is 0 Å². The number of aromatic nitrogens is 2. The summed E-state index contributed by atoms with van der Waals surface area (Å²) in [6.45, 7) is 6.10. The Balaban J connectivity index is 1.90. The second-order valence-electron chi connectivity index (χ2n) is 4.17. The third-order valence-electron chi connectivity index (χ3n) is 2.21. The van der Waals surface area contributed by atoms with Crippen LogP contribution in [0.2, 0.25) is 0 Å². The van der Waals surface area contributed by atoms with Crippen molar-refractivity contribution in [3.63, 3.8) is 0 Å². The maximum absolute atomic E-state index is 5.64. The largest absolute Gasteiger partial charge is 0.368 e. The summed E-state index contributed by atoms with van der Waals surface area (Å²) in [4.78, 5) is 4.46. The highest BCUT2D eigenvalue weighted by Gasteiger charge is 2.20. The predicted molar refractivity (Wildman–Crippen MR) is 69.3 cm³/mol. The van der Waals surface area contributed by atoms with Crippen LogP contribution in [0.5, 0.6) is 0 Å². The van der Waals surface area contributed by atoms with E-state index >= 15 is 0 Å². The second kappa shape index (κ2) is 5.84. The molecule has 1 unspecified atom stereocenters. The topological polar surface area (TPSA) is 47.0 Å². The number of anilines is 1. The van der Waals surface area contributed by atoms with Crippen LogP contribution in [0.3, 0.4) is 0 Å². The van der Waals surface area contributed by atoms with Gasteiger partial charge in [0.05, 0.1) is 6.61 Å². The van der Waals surface area contributed by atoms with Crippen LogP contribution in [-0.4, -0.2) is 34.0 Å². The van der Waals surface area contributed by atoms with Crippen molar-refractivity contribution in [2.24, 2.45) is 5.92 Å². The van der Waals surface area contributed by atoms with Gasteiger partial charge in [-0.2, -0.15) is 16.1 Å². The fraction of sp³-hybridized carbons (Fsp3) is 0.800. The Morgan fingerprint density at radius 3 is 3.12 bits per heavy atom. The molecule has 0 radical (unpaired) electrons. The molecular formula is C10H17N3OS2. The lowest BCUT2D eigenvalue weighted by Crippen LogP contribution is -2.16. The van der Waals surface area contributed by atoms with Gasteiger partial charge in [0.2, 0.25) is 5.13 Å². The van der Waals surface area contributed by atoms with Crippen molar-refractivity contribution in [1.29, 1.82) is 0 Å². The maximum atomic E-state index is 5.64.